The summed E-state index contributed by atoms with van der Waals surface area (Å²) in [5, 5.41) is 13.2. The first-order chi connectivity index (χ1) is 15.2. The van der Waals surface area contributed by atoms with Crippen molar-refractivity contribution in [3.63, 3.8) is 0 Å². The molecule has 4 aromatic rings. The van der Waals surface area contributed by atoms with Gasteiger partial charge in [0.25, 0.3) is 5.89 Å². The molecule has 0 radical (unpaired) electrons. The van der Waals surface area contributed by atoms with Crippen LogP contribution in [-0.4, -0.2) is 48.9 Å². The molecule has 1 aromatic carbocycles. The number of aliphatic hydroxyl groups is 1. The van der Waals surface area contributed by atoms with Crippen LogP contribution in [0.2, 0.25) is 10.0 Å². The summed E-state index contributed by atoms with van der Waals surface area (Å²) < 4.78 is 50.4. The fraction of sp³-hybridized carbons (Fsp3) is 0.222. The van der Waals surface area contributed by atoms with E-state index in [1.165, 1.54) is 18.3 Å². The van der Waals surface area contributed by atoms with Crippen LogP contribution in [-0.2, 0) is 6.18 Å². The minimum atomic E-state index is -4.59. The summed E-state index contributed by atoms with van der Waals surface area (Å²) in [6.45, 7) is -0.233. The first-order valence-corrected chi connectivity index (χ1v) is 9.66. The van der Waals surface area contributed by atoms with E-state index in [1.807, 2.05) is 0 Å². The highest BCUT2D eigenvalue weighted by atomic mass is 35.5. The number of ether oxygens (including phenoxy) is 1. The Balaban J connectivity index is 1.62. The number of rotatable bonds is 6. The van der Waals surface area contributed by atoms with Crippen molar-refractivity contribution in [1.29, 1.82) is 0 Å². The molecule has 3 N–H and O–H groups in total. The van der Waals surface area contributed by atoms with E-state index in [-0.39, 0.29) is 52.1 Å². The standard InChI is InChI=1S/C18H13Cl2F3N6O3/c19-10-2-13(31-7-8(24)6-30)11(20)1-9(10)16-27-17(32-28-16)12-4-29-5-14(18(21,22)23)25-3-15(29)26-12/h1-5,8,30H,6-7,24H2/t8-/m0/s1. The van der Waals surface area contributed by atoms with E-state index in [9.17, 15) is 13.2 Å². The van der Waals surface area contributed by atoms with Gasteiger partial charge in [-0.05, 0) is 6.07 Å². The van der Waals surface area contributed by atoms with Gasteiger partial charge in [0.15, 0.2) is 11.3 Å². The number of hydrogen-bond acceptors (Lipinski definition) is 8. The smallest absolute Gasteiger partial charge is 0.434 e. The number of aromatic nitrogens is 5. The molecule has 9 nitrogen and oxygen atoms in total. The average Bonchev–Trinajstić information content (AvgIpc) is 3.39. The third-order valence-electron chi connectivity index (χ3n) is 4.23. The normalized spacial score (nSPS) is 13.0. The molecule has 14 heteroatoms. The van der Waals surface area contributed by atoms with Gasteiger partial charge in [-0.2, -0.15) is 18.2 Å². The maximum absolute atomic E-state index is 12.9. The molecule has 0 spiro atoms. The third kappa shape index (κ3) is 4.48. The molecule has 1 atom stereocenters. The molecule has 0 aliphatic rings. The molecule has 0 saturated carbocycles. The zero-order valence-electron chi connectivity index (χ0n) is 15.8. The lowest BCUT2D eigenvalue weighted by molar-refractivity contribution is -0.141. The lowest BCUT2D eigenvalue weighted by Gasteiger charge is -2.13. The highest BCUT2D eigenvalue weighted by Gasteiger charge is 2.33. The molecular formula is C18H13Cl2F3N6O3. The second-order valence-electron chi connectivity index (χ2n) is 6.60. The highest BCUT2D eigenvalue weighted by Crippen LogP contribution is 2.36. The Bertz CT molecular complexity index is 1280. The van der Waals surface area contributed by atoms with Crippen molar-refractivity contribution in [2.45, 2.75) is 12.2 Å². The van der Waals surface area contributed by atoms with Gasteiger partial charge in [0.05, 0.1) is 28.9 Å². The van der Waals surface area contributed by atoms with Crippen molar-refractivity contribution >= 4 is 28.8 Å². The van der Waals surface area contributed by atoms with Crippen LogP contribution < -0.4 is 10.5 Å². The summed E-state index contributed by atoms with van der Waals surface area (Å²) in [5.74, 6) is 0.289. The van der Waals surface area contributed by atoms with Crippen LogP contribution in [0.1, 0.15) is 5.69 Å². The Morgan fingerprint density at radius 2 is 1.97 bits per heavy atom. The van der Waals surface area contributed by atoms with E-state index in [0.29, 0.717) is 5.56 Å². The molecule has 0 aliphatic carbocycles. The summed E-state index contributed by atoms with van der Waals surface area (Å²) >= 11 is 12.5. The van der Waals surface area contributed by atoms with E-state index >= 15 is 0 Å². The SMILES string of the molecule is N[C@@H](CO)COc1cc(Cl)c(-c2noc(-c3cn4cc(C(F)(F)F)ncc4n3)n2)cc1Cl. The molecule has 0 aliphatic heterocycles. The average molecular weight is 489 g/mol. The van der Waals surface area contributed by atoms with Crippen LogP contribution in [0.4, 0.5) is 13.2 Å². The largest absolute Gasteiger partial charge is 0.490 e. The number of nitrogens with zero attached hydrogens (tertiary/aromatic N) is 5. The third-order valence-corrected chi connectivity index (χ3v) is 4.83. The number of nitrogens with two attached hydrogens (primary N) is 1. The van der Waals surface area contributed by atoms with Gasteiger partial charge in [0.1, 0.15) is 18.1 Å². The van der Waals surface area contributed by atoms with Gasteiger partial charge in [-0.3, -0.25) is 0 Å². The maximum atomic E-state index is 12.9. The number of aliphatic hydroxyl groups excluding tert-OH is 1. The zero-order valence-corrected chi connectivity index (χ0v) is 17.4. The Hall–Kier alpha value is -2.93. The number of imidazole rings is 1. The van der Waals surface area contributed by atoms with Crippen molar-refractivity contribution in [2.75, 3.05) is 13.2 Å². The molecule has 168 valence electrons. The van der Waals surface area contributed by atoms with Crippen molar-refractivity contribution in [2.24, 2.45) is 5.73 Å². The zero-order chi connectivity index (χ0) is 23.0. The predicted octanol–water partition coefficient (Wildman–Crippen LogP) is 3.47. The molecule has 0 fully saturated rings. The minimum absolute atomic E-state index is 0.0249. The van der Waals surface area contributed by atoms with Crippen LogP contribution in [0, 0.1) is 0 Å². The monoisotopic (exact) mass is 488 g/mol. The second-order valence-corrected chi connectivity index (χ2v) is 7.42. The fourth-order valence-electron chi connectivity index (χ4n) is 2.65. The second kappa shape index (κ2) is 8.54. The number of hydrogen-bond donors (Lipinski definition) is 2. The van der Waals surface area contributed by atoms with Crippen molar-refractivity contribution < 1.29 is 27.5 Å². The molecule has 0 bridgehead atoms. The van der Waals surface area contributed by atoms with Crippen LogP contribution in [0.25, 0.3) is 28.6 Å². The highest BCUT2D eigenvalue weighted by molar-refractivity contribution is 6.36. The summed E-state index contributed by atoms with van der Waals surface area (Å²) in [6.07, 6.45) is -1.49. The van der Waals surface area contributed by atoms with Crippen LogP contribution in [0.5, 0.6) is 5.75 Å². The first-order valence-electron chi connectivity index (χ1n) is 8.90. The topological polar surface area (TPSA) is 125 Å². The minimum Gasteiger partial charge on any atom is -0.490 e. The van der Waals surface area contributed by atoms with Gasteiger partial charge in [-0.15, -0.1) is 0 Å². The lowest BCUT2D eigenvalue weighted by atomic mass is 10.2. The van der Waals surface area contributed by atoms with Gasteiger partial charge in [-0.1, -0.05) is 28.4 Å². The quantitative estimate of drug-likeness (QED) is 0.422. The number of benzene rings is 1. The van der Waals surface area contributed by atoms with Crippen LogP contribution >= 0.6 is 23.2 Å². The van der Waals surface area contributed by atoms with Gasteiger partial charge < -0.3 is 24.5 Å². The van der Waals surface area contributed by atoms with Crippen molar-refractivity contribution in [1.82, 2.24) is 24.5 Å². The molecule has 3 heterocycles. The number of halogens is 5. The Morgan fingerprint density at radius 1 is 1.19 bits per heavy atom. The first kappa shape index (κ1) is 22.3. The van der Waals surface area contributed by atoms with Crippen molar-refractivity contribution in [3.05, 3.63) is 46.5 Å². The van der Waals surface area contributed by atoms with Crippen LogP contribution in [0.15, 0.2) is 35.2 Å². The summed E-state index contributed by atoms with van der Waals surface area (Å²) in [5.41, 5.74) is 5.16. The molecule has 4 rings (SSSR count). The maximum Gasteiger partial charge on any atom is 0.434 e. The number of alkyl halides is 3. The van der Waals surface area contributed by atoms with E-state index in [4.69, 9.17) is 43.3 Å². The molecule has 0 amide bonds. The van der Waals surface area contributed by atoms with E-state index < -0.39 is 17.9 Å². The molecular weight excluding hydrogens is 476 g/mol. The number of fused-ring (bicyclic) bond motifs is 1. The Morgan fingerprint density at radius 3 is 2.69 bits per heavy atom. The molecule has 0 saturated heterocycles. The van der Waals surface area contributed by atoms with Gasteiger partial charge in [-0.25, -0.2) is 9.97 Å². The fourth-order valence-corrected chi connectivity index (χ4v) is 3.10. The molecule has 0 unspecified atom stereocenters. The lowest BCUT2D eigenvalue weighted by Crippen LogP contribution is -2.31. The van der Waals surface area contributed by atoms with E-state index in [0.717, 1.165) is 16.8 Å². The molecule has 32 heavy (non-hydrogen) atoms. The Labute approximate surface area is 187 Å². The van der Waals surface area contributed by atoms with Crippen LogP contribution in [0.3, 0.4) is 0 Å². The van der Waals surface area contributed by atoms with Crippen molar-refractivity contribution in [3.8, 4) is 28.7 Å². The Kier molecular flexibility index (Phi) is 5.95. The van der Waals surface area contributed by atoms with Gasteiger partial charge in [0.2, 0.25) is 5.82 Å². The summed E-state index contributed by atoms with van der Waals surface area (Å²) in [4.78, 5) is 11.7. The van der Waals surface area contributed by atoms with E-state index in [2.05, 4.69) is 20.1 Å². The summed E-state index contributed by atoms with van der Waals surface area (Å²) in [7, 11) is 0. The van der Waals surface area contributed by atoms with Gasteiger partial charge >= 0.3 is 6.18 Å². The van der Waals surface area contributed by atoms with Gasteiger partial charge in [0, 0.05) is 24.0 Å². The molecule has 3 aromatic heterocycles. The summed E-state index contributed by atoms with van der Waals surface area (Å²) in [6, 6.07) is 2.31. The predicted molar refractivity (Wildman–Crippen MR) is 107 cm³/mol. The van der Waals surface area contributed by atoms with E-state index in [1.54, 1.807) is 0 Å².